The smallest absolute Gasteiger partial charge is 0.133 e. The first kappa shape index (κ1) is 19.3. The van der Waals surface area contributed by atoms with Crippen LogP contribution in [0.2, 0.25) is 0 Å². The maximum Gasteiger partial charge on any atom is 0.133 e. The van der Waals surface area contributed by atoms with E-state index in [1.54, 1.807) is 0 Å². The fourth-order valence-corrected chi connectivity index (χ4v) is 4.87. The van der Waals surface area contributed by atoms with Gasteiger partial charge in [0.05, 0.1) is 17.4 Å². The summed E-state index contributed by atoms with van der Waals surface area (Å²) < 4.78 is 15.5. The molecule has 2 aromatic carbocycles. The molecule has 0 bridgehead atoms. The Morgan fingerprint density at radius 3 is 2.63 bits per heavy atom. The third-order valence-electron chi connectivity index (χ3n) is 6.39. The Kier molecular flexibility index (Phi) is 5.54. The maximum absolute atomic E-state index is 13.5. The van der Waals surface area contributed by atoms with Crippen LogP contribution in [0.5, 0.6) is 0 Å². The first-order valence-corrected chi connectivity index (χ1v) is 11.2. The summed E-state index contributed by atoms with van der Waals surface area (Å²) in [6.45, 7) is 3.01. The zero-order valence-electron chi connectivity index (χ0n) is 17.4. The van der Waals surface area contributed by atoms with E-state index < -0.39 is 0 Å². The molecular weight excluding hydrogens is 375 g/mol. The Bertz CT molecular complexity index is 980. The fraction of sp³-hybridized carbons (Fsp3) is 0.400. The second kappa shape index (κ2) is 8.60. The van der Waals surface area contributed by atoms with Crippen LogP contribution in [0.15, 0.2) is 54.6 Å². The van der Waals surface area contributed by atoms with E-state index in [1.807, 2.05) is 16.8 Å². The molecule has 2 aliphatic rings. The van der Waals surface area contributed by atoms with Crippen LogP contribution in [0.3, 0.4) is 0 Å². The normalized spacial score (nSPS) is 19.7. The molecule has 3 heterocycles. The molecule has 0 saturated carbocycles. The molecule has 0 aliphatic carbocycles. The Morgan fingerprint density at radius 2 is 1.80 bits per heavy atom. The molecule has 1 N–H and O–H groups in total. The van der Waals surface area contributed by atoms with Crippen molar-refractivity contribution < 1.29 is 4.39 Å². The number of benzene rings is 2. The van der Waals surface area contributed by atoms with E-state index in [0.717, 1.165) is 50.4 Å². The lowest BCUT2D eigenvalue weighted by molar-refractivity contribution is 0.136. The van der Waals surface area contributed by atoms with E-state index in [2.05, 4.69) is 40.5 Å². The van der Waals surface area contributed by atoms with Crippen molar-refractivity contribution in [1.82, 2.24) is 14.7 Å². The molecule has 4 nitrogen and oxygen atoms in total. The van der Waals surface area contributed by atoms with Crippen LogP contribution in [0.1, 0.15) is 55.0 Å². The Morgan fingerprint density at radius 1 is 0.967 bits per heavy atom. The Labute approximate surface area is 177 Å². The maximum atomic E-state index is 13.5. The van der Waals surface area contributed by atoms with E-state index in [9.17, 15) is 4.39 Å². The van der Waals surface area contributed by atoms with Gasteiger partial charge < -0.3 is 5.32 Å². The minimum atomic E-state index is -0.216. The van der Waals surface area contributed by atoms with Crippen LogP contribution in [0, 0.1) is 5.82 Å². The lowest BCUT2D eigenvalue weighted by Crippen LogP contribution is -2.33. The zero-order valence-corrected chi connectivity index (χ0v) is 17.4. The summed E-state index contributed by atoms with van der Waals surface area (Å²) in [4.78, 5) is 2.60. The van der Waals surface area contributed by atoms with Crippen molar-refractivity contribution in [1.29, 1.82) is 0 Å². The predicted molar refractivity (Wildman–Crippen MR) is 118 cm³/mol. The molecule has 5 rings (SSSR count). The average molecular weight is 405 g/mol. The molecule has 1 unspecified atom stereocenters. The largest absolute Gasteiger partial charge is 0.370 e. The van der Waals surface area contributed by atoms with Gasteiger partial charge in [-0.15, -0.1) is 0 Å². The van der Waals surface area contributed by atoms with Gasteiger partial charge >= 0.3 is 0 Å². The molecule has 0 radical (unpaired) electrons. The first-order valence-electron chi connectivity index (χ1n) is 11.2. The summed E-state index contributed by atoms with van der Waals surface area (Å²) in [7, 11) is 0. The van der Waals surface area contributed by atoms with E-state index >= 15 is 0 Å². The van der Waals surface area contributed by atoms with Gasteiger partial charge in [-0.25, -0.2) is 9.07 Å². The van der Waals surface area contributed by atoms with Gasteiger partial charge in [-0.2, -0.15) is 5.10 Å². The number of fused-ring (bicyclic) bond motifs is 1. The highest BCUT2D eigenvalue weighted by atomic mass is 19.1. The number of hydrogen-bond acceptors (Lipinski definition) is 3. The quantitative estimate of drug-likeness (QED) is 0.624. The predicted octanol–water partition coefficient (Wildman–Crippen LogP) is 5.49. The van der Waals surface area contributed by atoms with Crippen molar-refractivity contribution in [3.63, 3.8) is 0 Å². The van der Waals surface area contributed by atoms with Gasteiger partial charge in [0.1, 0.15) is 11.6 Å². The van der Waals surface area contributed by atoms with E-state index in [4.69, 9.17) is 5.10 Å². The molecule has 1 fully saturated rings. The number of nitrogens with one attached hydrogen (secondary N) is 1. The number of piperidine rings is 1. The zero-order chi connectivity index (χ0) is 20.3. The topological polar surface area (TPSA) is 33.1 Å². The second-order valence-electron chi connectivity index (χ2n) is 8.45. The van der Waals surface area contributed by atoms with Crippen LogP contribution in [0.25, 0.3) is 5.69 Å². The molecule has 156 valence electrons. The molecule has 1 aromatic heterocycles. The highest BCUT2D eigenvalue weighted by Gasteiger charge is 2.31. The summed E-state index contributed by atoms with van der Waals surface area (Å²) in [6.07, 6.45) is 7.00. The van der Waals surface area contributed by atoms with E-state index in [1.165, 1.54) is 48.2 Å². The SMILES string of the molecule is Fc1ccc(-n2nc(C3CCCCN3Cc3ccccc3)c3c2NCCCC3)cc1. The minimum absolute atomic E-state index is 0.216. The summed E-state index contributed by atoms with van der Waals surface area (Å²) in [5.41, 5.74) is 4.83. The van der Waals surface area contributed by atoms with Crippen molar-refractivity contribution in [2.45, 2.75) is 51.1 Å². The van der Waals surface area contributed by atoms with Crippen molar-refractivity contribution in [3.05, 3.63) is 77.2 Å². The average Bonchev–Trinajstić information content (AvgIpc) is 2.96. The molecule has 0 spiro atoms. The molecule has 3 aromatic rings. The van der Waals surface area contributed by atoms with Crippen LogP contribution < -0.4 is 5.32 Å². The number of anilines is 1. The van der Waals surface area contributed by atoms with Crippen LogP contribution in [-0.2, 0) is 13.0 Å². The van der Waals surface area contributed by atoms with Gasteiger partial charge in [-0.3, -0.25) is 4.90 Å². The van der Waals surface area contributed by atoms with Crippen LogP contribution >= 0.6 is 0 Å². The summed E-state index contributed by atoms with van der Waals surface area (Å²) in [5.74, 6) is 0.880. The van der Waals surface area contributed by atoms with Gasteiger partial charge in [0.15, 0.2) is 0 Å². The highest BCUT2D eigenvalue weighted by molar-refractivity contribution is 5.55. The van der Waals surface area contributed by atoms with Gasteiger partial charge in [-0.1, -0.05) is 36.8 Å². The number of likely N-dealkylation sites (tertiary alicyclic amines) is 1. The van der Waals surface area contributed by atoms with Gasteiger partial charge in [0, 0.05) is 18.7 Å². The molecule has 2 aliphatic heterocycles. The second-order valence-corrected chi connectivity index (χ2v) is 8.45. The molecule has 1 atom stereocenters. The monoisotopic (exact) mass is 404 g/mol. The van der Waals surface area contributed by atoms with Gasteiger partial charge in [-0.05, 0) is 68.5 Å². The van der Waals surface area contributed by atoms with Gasteiger partial charge in [0.25, 0.3) is 0 Å². The van der Waals surface area contributed by atoms with Crippen molar-refractivity contribution in [2.24, 2.45) is 0 Å². The molecular formula is C25H29FN4. The molecule has 5 heteroatoms. The van der Waals surface area contributed by atoms with Crippen LogP contribution in [0.4, 0.5) is 10.2 Å². The Hall–Kier alpha value is -2.66. The van der Waals surface area contributed by atoms with Crippen LogP contribution in [-0.4, -0.2) is 27.8 Å². The molecule has 1 saturated heterocycles. The van der Waals surface area contributed by atoms with Crippen molar-refractivity contribution in [3.8, 4) is 5.69 Å². The number of aromatic nitrogens is 2. The summed E-state index contributed by atoms with van der Waals surface area (Å²) in [6, 6.07) is 17.7. The van der Waals surface area contributed by atoms with E-state index in [-0.39, 0.29) is 5.82 Å². The third-order valence-corrected chi connectivity index (χ3v) is 6.39. The van der Waals surface area contributed by atoms with E-state index in [0.29, 0.717) is 6.04 Å². The lowest BCUT2D eigenvalue weighted by atomic mass is 9.94. The highest BCUT2D eigenvalue weighted by Crippen LogP contribution is 2.38. The number of halogens is 1. The minimum Gasteiger partial charge on any atom is -0.370 e. The number of nitrogens with zero attached hydrogens (tertiary/aromatic N) is 3. The molecule has 30 heavy (non-hydrogen) atoms. The summed E-state index contributed by atoms with van der Waals surface area (Å²) in [5, 5.41) is 8.76. The molecule has 0 amide bonds. The summed E-state index contributed by atoms with van der Waals surface area (Å²) >= 11 is 0. The van der Waals surface area contributed by atoms with Crippen molar-refractivity contribution in [2.75, 3.05) is 18.4 Å². The van der Waals surface area contributed by atoms with Crippen molar-refractivity contribution >= 4 is 5.82 Å². The number of rotatable bonds is 4. The number of hydrogen-bond donors (Lipinski definition) is 1. The lowest BCUT2D eigenvalue weighted by Gasteiger charge is -2.35. The standard InChI is InChI=1S/C25H29FN4/c26-20-12-14-21(15-13-20)30-25-22(10-4-6-16-27-25)24(28-30)23-11-5-7-17-29(23)18-19-8-2-1-3-9-19/h1-3,8-9,12-15,23,27H,4-7,10-11,16-18H2. The fourth-order valence-electron chi connectivity index (χ4n) is 4.87. The van der Waals surface area contributed by atoms with Gasteiger partial charge in [0.2, 0.25) is 0 Å². The Balaban J connectivity index is 1.54. The third kappa shape index (κ3) is 3.86. The first-order chi connectivity index (χ1) is 14.8.